The van der Waals surface area contributed by atoms with Crippen LogP contribution in [0.4, 0.5) is 0 Å². The molecule has 2 saturated heterocycles. The second-order valence-electron chi connectivity index (χ2n) is 6.45. The quantitative estimate of drug-likeness (QED) is 0.408. The summed E-state index contributed by atoms with van der Waals surface area (Å²) in [5, 5.41) is 24.0. The standard InChI is InChI=1S/C15H22ClNO4/c1-14-10(7-8-16)12(19)17-15(14,13(20)21-14)11(18)9-5-3-2-4-6-9/h3,5,9-12,17-19H,2,4,6-8H2,1H3/t9?,10-,11-,12?,14-,15-/m0/s1. The number of aliphatic hydroxyl groups is 2. The first-order valence-corrected chi connectivity index (χ1v) is 8.10. The van der Waals surface area contributed by atoms with Gasteiger partial charge in [0.25, 0.3) is 0 Å². The molecule has 0 radical (unpaired) electrons. The van der Waals surface area contributed by atoms with Crippen LogP contribution in [0.5, 0.6) is 0 Å². The predicted octanol–water partition coefficient (Wildman–Crippen LogP) is 0.925. The van der Waals surface area contributed by atoms with Crippen molar-refractivity contribution in [1.82, 2.24) is 5.32 Å². The van der Waals surface area contributed by atoms with Gasteiger partial charge in [-0.2, -0.15) is 0 Å². The Kier molecular flexibility index (Phi) is 3.81. The number of halogens is 1. The molecule has 6 atom stereocenters. The van der Waals surface area contributed by atoms with E-state index in [0.29, 0.717) is 12.3 Å². The van der Waals surface area contributed by atoms with Crippen LogP contribution in [-0.2, 0) is 9.53 Å². The van der Waals surface area contributed by atoms with Crippen LogP contribution in [0.15, 0.2) is 12.2 Å². The zero-order valence-corrected chi connectivity index (χ0v) is 12.8. The van der Waals surface area contributed by atoms with Crippen LogP contribution >= 0.6 is 11.6 Å². The van der Waals surface area contributed by atoms with Crippen molar-refractivity contribution in [2.45, 2.75) is 56.1 Å². The fourth-order valence-electron chi connectivity index (χ4n) is 4.19. The van der Waals surface area contributed by atoms with Gasteiger partial charge in [-0.3, -0.25) is 5.32 Å². The third kappa shape index (κ3) is 1.91. The largest absolute Gasteiger partial charge is 0.455 e. The third-order valence-electron chi connectivity index (χ3n) is 5.43. The Morgan fingerprint density at radius 3 is 2.95 bits per heavy atom. The molecule has 2 aliphatic heterocycles. The highest BCUT2D eigenvalue weighted by molar-refractivity contribution is 6.17. The number of hydrogen-bond donors (Lipinski definition) is 3. The summed E-state index contributed by atoms with van der Waals surface area (Å²) in [6.07, 6.45) is 5.55. The summed E-state index contributed by atoms with van der Waals surface area (Å²) in [5.74, 6) is -0.519. The summed E-state index contributed by atoms with van der Waals surface area (Å²) < 4.78 is 5.40. The number of alkyl halides is 1. The average molecular weight is 316 g/mol. The van der Waals surface area contributed by atoms with E-state index in [9.17, 15) is 15.0 Å². The number of rotatable bonds is 4. The van der Waals surface area contributed by atoms with E-state index in [2.05, 4.69) is 5.32 Å². The molecular weight excluding hydrogens is 294 g/mol. The van der Waals surface area contributed by atoms with Crippen LogP contribution in [-0.4, -0.2) is 45.5 Å². The van der Waals surface area contributed by atoms with Gasteiger partial charge in [-0.25, -0.2) is 4.79 Å². The van der Waals surface area contributed by atoms with Crippen LogP contribution in [0.3, 0.4) is 0 Å². The lowest BCUT2D eigenvalue weighted by molar-refractivity contribution is -0.238. The smallest absolute Gasteiger partial charge is 0.334 e. The van der Waals surface area contributed by atoms with Gasteiger partial charge in [-0.05, 0) is 32.6 Å². The van der Waals surface area contributed by atoms with Gasteiger partial charge in [0, 0.05) is 17.7 Å². The van der Waals surface area contributed by atoms with Crippen molar-refractivity contribution in [2.24, 2.45) is 11.8 Å². The highest BCUT2D eigenvalue weighted by Gasteiger charge is 2.78. The Labute approximate surface area is 129 Å². The summed E-state index contributed by atoms with van der Waals surface area (Å²) in [6.45, 7) is 1.78. The normalized spacial score (nSPS) is 46.7. The lowest BCUT2D eigenvalue weighted by atomic mass is 9.64. The SMILES string of the molecule is C[C@@]12OC(=O)[C@]1([C@@H](O)C1C=CCCC1)NC(O)[C@@H]2CCCl. The van der Waals surface area contributed by atoms with Crippen LogP contribution in [0.25, 0.3) is 0 Å². The fourth-order valence-corrected chi connectivity index (χ4v) is 4.42. The highest BCUT2D eigenvalue weighted by Crippen LogP contribution is 2.54. The van der Waals surface area contributed by atoms with Gasteiger partial charge >= 0.3 is 5.97 Å². The predicted molar refractivity (Wildman–Crippen MR) is 77.7 cm³/mol. The van der Waals surface area contributed by atoms with Crippen molar-refractivity contribution in [3.63, 3.8) is 0 Å². The maximum Gasteiger partial charge on any atom is 0.334 e. The van der Waals surface area contributed by atoms with Gasteiger partial charge in [-0.1, -0.05) is 12.2 Å². The molecule has 118 valence electrons. The Morgan fingerprint density at radius 2 is 2.38 bits per heavy atom. The Hall–Kier alpha value is -0.620. The minimum absolute atomic E-state index is 0.0969. The van der Waals surface area contributed by atoms with Crippen molar-refractivity contribution in [3.05, 3.63) is 12.2 Å². The van der Waals surface area contributed by atoms with Gasteiger partial charge in [-0.15, -0.1) is 11.6 Å². The molecule has 5 nitrogen and oxygen atoms in total. The number of aliphatic hydroxyl groups excluding tert-OH is 2. The van der Waals surface area contributed by atoms with E-state index in [-0.39, 0.29) is 11.8 Å². The molecule has 0 amide bonds. The lowest BCUT2D eigenvalue weighted by Crippen LogP contribution is -2.80. The lowest BCUT2D eigenvalue weighted by Gasteiger charge is -2.55. The Morgan fingerprint density at radius 1 is 1.62 bits per heavy atom. The molecule has 0 saturated carbocycles. The molecule has 3 rings (SSSR count). The number of hydrogen-bond acceptors (Lipinski definition) is 5. The molecule has 0 aromatic rings. The van der Waals surface area contributed by atoms with Gasteiger partial charge < -0.3 is 14.9 Å². The third-order valence-corrected chi connectivity index (χ3v) is 5.65. The van der Waals surface area contributed by atoms with Gasteiger partial charge in [0.1, 0.15) is 11.8 Å². The number of fused-ring (bicyclic) bond motifs is 1. The average Bonchev–Trinajstić information content (AvgIpc) is 2.65. The van der Waals surface area contributed by atoms with E-state index in [4.69, 9.17) is 16.3 Å². The summed E-state index contributed by atoms with van der Waals surface area (Å²) in [5.41, 5.74) is -2.14. The minimum Gasteiger partial charge on any atom is -0.455 e. The monoisotopic (exact) mass is 315 g/mol. The van der Waals surface area contributed by atoms with E-state index in [1.165, 1.54) is 0 Å². The number of allylic oxidation sites excluding steroid dienone is 1. The summed E-state index contributed by atoms with van der Waals surface area (Å²) in [7, 11) is 0. The first-order chi connectivity index (χ1) is 9.97. The molecule has 2 heterocycles. The molecule has 0 spiro atoms. The van der Waals surface area contributed by atoms with E-state index < -0.39 is 29.4 Å². The second-order valence-corrected chi connectivity index (χ2v) is 6.82. The van der Waals surface area contributed by atoms with E-state index in [0.717, 1.165) is 19.3 Å². The maximum atomic E-state index is 12.2. The molecule has 0 bridgehead atoms. The summed E-state index contributed by atoms with van der Waals surface area (Å²) in [6, 6.07) is 0. The molecule has 2 fully saturated rings. The molecule has 0 aromatic carbocycles. The number of carbonyl (C=O) groups excluding carboxylic acids is 1. The van der Waals surface area contributed by atoms with E-state index >= 15 is 0 Å². The molecule has 3 aliphatic rings. The molecule has 2 unspecified atom stereocenters. The topological polar surface area (TPSA) is 78.8 Å². The molecule has 6 heteroatoms. The minimum atomic E-state index is -1.23. The maximum absolute atomic E-state index is 12.2. The van der Waals surface area contributed by atoms with Gasteiger partial charge in [0.05, 0.1) is 6.10 Å². The number of carbonyl (C=O) groups is 1. The van der Waals surface area contributed by atoms with Crippen molar-refractivity contribution >= 4 is 17.6 Å². The van der Waals surface area contributed by atoms with Crippen LogP contribution < -0.4 is 5.32 Å². The zero-order chi connectivity index (χ0) is 15.3. The number of esters is 1. The van der Waals surface area contributed by atoms with E-state index in [1.807, 2.05) is 12.2 Å². The molecular formula is C15H22ClNO4. The first-order valence-electron chi connectivity index (χ1n) is 7.57. The fraction of sp³-hybridized carbons (Fsp3) is 0.800. The van der Waals surface area contributed by atoms with Gasteiger partial charge in [0.2, 0.25) is 0 Å². The summed E-state index contributed by atoms with van der Waals surface area (Å²) in [4.78, 5) is 12.2. The van der Waals surface area contributed by atoms with Crippen LogP contribution in [0.1, 0.15) is 32.6 Å². The summed E-state index contributed by atoms with van der Waals surface area (Å²) >= 11 is 5.80. The van der Waals surface area contributed by atoms with Crippen molar-refractivity contribution in [3.8, 4) is 0 Å². The Bertz CT molecular complexity index is 471. The zero-order valence-electron chi connectivity index (χ0n) is 12.1. The second kappa shape index (κ2) is 5.23. The van der Waals surface area contributed by atoms with Crippen LogP contribution in [0, 0.1) is 11.8 Å². The van der Waals surface area contributed by atoms with Crippen molar-refractivity contribution < 1.29 is 19.7 Å². The molecule has 0 aromatic heterocycles. The first kappa shape index (κ1) is 15.3. The molecule has 1 aliphatic carbocycles. The highest BCUT2D eigenvalue weighted by atomic mass is 35.5. The van der Waals surface area contributed by atoms with E-state index in [1.54, 1.807) is 6.92 Å². The van der Waals surface area contributed by atoms with Gasteiger partial charge in [0.15, 0.2) is 5.54 Å². The number of ether oxygens (including phenoxy) is 1. The Balaban J connectivity index is 1.92. The van der Waals surface area contributed by atoms with Crippen molar-refractivity contribution in [2.75, 3.05) is 5.88 Å². The van der Waals surface area contributed by atoms with Crippen molar-refractivity contribution in [1.29, 1.82) is 0 Å². The number of nitrogens with one attached hydrogen (secondary N) is 1. The van der Waals surface area contributed by atoms with Crippen LogP contribution in [0.2, 0.25) is 0 Å². The molecule has 21 heavy (non-hydrogen) atoms. The molecule has 3 N–H and O–H groups in total.